The molecule has 0 aliphatic carbocycles. The molecule has 5 heterocycles. The van der Waals surface area contributed by atoms with E-state index in [1.54, 1.807) is 12.4 Å². The van der Waals surface area contributed by atoms with Gasteiger partial charge in [-0.25, -0.2) is 13.9 Å². The fraction of sp³-hybridized carbons (Fsp3) is 0.409. The summed E-state index contributed by atoms with van der Waals surface area (Å²) in [5, 5.41) is 6.82. The third-order valence-corrected chi connectivity index (χ3v) is 6.48. The number of hydrogen-bond donors (Lipinski definition) is 2. The summed E-state index contributed by atoms with van der Waals surface area (Å²) in [5.41, 5.74) is 7.44. The van der Waals surface area contributed by atoms with E-state index in [0.717, 1.165) is 42.0 Å². The van der Waals surface area contributed by atoms with Gasteiger partial charge in [-0.05, 0) is 32.5 Å². The fourth-order valence-corrected chi connectivity index (χ4v) is 4.69. The Hall–Kier alpha value is -3.80. The van der Waals surface area contributed by atoms with Crippen LogP contribution < -0.4 is 16.0 Å². The van der Waals surface area contributed by atoms with Crippen LogP contribution >= 0.6 is 0 Å². The van der Waals surface area contributed by atoms with Crippen LogP contribution in [0, 0.1) is 5.82 Å². The van der Waals surface area contributed by atoms with Crippen molar-refractivity contribution in [1.82, 2.24) is 29.4 Å². The lowest BCUT2D eigenvalue weighted by Crippen LogP contribution is -2.53. The number of carbonyl (C=O) groups excluding carboxylic acids is 2. The van der Waals surface area contributed by atoms with Crippen molar-refractivity contribution in [2.75, 3.05) is 55.7 Å². The van der Waals surface area contributed by atoms with Gasteiger partial charge in [-0.2, -0.15) is 0 Å². The number of nitrogen functional groups attached to an aromatic ring is 1. The molecule has 0 unspecified atom stereocenters. The van der Waals surface area contributed by atoms with Crippen LogP contribution in [-0.2, 0) is 4.79 Å². The van der Waals surface area contributed by atoms with Crippen molar-refractivity contribution < 1.29 is 14.0 Å². The molecule has 0 aromatic carbocycles. The van der Waals surface area contributed by atoms with Gasteiger partial charge in [0.05, 0.1) is 36.0 Å². The van der Waals surface area contributed by atoms with Crippen molar-refractivity contribution in [2.24, 2.45) is 0 Å². The minimum Gasteiger partial charge on any atom is -0.381 e. The summed E-state index contributed by atoms with van der Waals surface area (Å²) in [6.07, 6.45) is 7.29. The van der Waals surface area contributed by atoms with Gasteiger partial charge in [0.1, 0.15) is 5.56 Å². The number of hydrogen-bond acceptors (Lipinski definition) is 8. The first kappa shape index (κ1) is 22.0. The van der Waals surface area contributed by atoms with E-state index in [0.29, 0.717) is 31.9 Å². The van der Waals surface area contributed by atoms with E-state index in [1.165, 1.54) is 0 Å². The molecule has 178 valence electrons. The fourth-order valence-electron chi connectivity index (χ4n) is 4.69. The average Bonchev–Trinajstić information content (AvgIpc) is 3.40. The highest BCUT2D eigenvalue weighted by atomic mass is 19.1. The molecular formula is C22H26FN9O2. The molecule has 2 amide bonds. The van der Waals surface area contributed by atoms with Gasteiger partial charge in [0.2, 0.25) is 5.91 Å². The summed E-state index contributed by atoms with van der Waals surface area (Å²) < 4.78 is 14.6. The number of halogens is 1. The predicted molar refractivity (Wildman–Crippen MR) is 124 cm³/mol. The third kappa shape index (κ3) is 4.00. The number of rotatable bonds is 4. The standard InChI is InChI=1S/C22H26FN9O2/c1-29-6-2-3-17(29)22(34)31-9-7-30(8-10-31)16-4-5-25-12-15(16)27-21(33)18-19(24)28-32-13-14(23)11-26-20(18)32/h4-5,11-13,17H,2-3,6-10H2,1H3,(H2,24,28)(H,27,33)/t17-/m1/s1. The zero-order valence-electron chi connectivity index (χ0n) is 18.8. The Morgan fingerprint density at radius 2 is 1.97 bits per heavy atom. The van der Waals surface area contributed by atoms with Gasteiger partial charge in [0.25, 0.3) is 5.91 Å². The van der Waals surface area contributed by atoms with Gasteiger partial charge in [-0.1, -0.05) is 0 Å². The van der Waals surface area contributed by atoms with Crippen LogP contribution in [0.2, 0.25) is 0 Å². The van der Waals surface area contributed by atoms with Gasteiger partial charge < -0.3 is 20.9 Å². The highest BCUT2D eigenvalue weighted by Gasteiger charge is 2.33. The lowest BCUT2D eigenvalue weighted by Gasteiger charge is -2.38. The van der Waals surface area contributed by atoms with E-state index in [-0.39, 0.29) is 29.0 Å². The van der Waals surface area contributed by atoms with Crippen LogP contribution in [0.1, 0.15) is 23.2 Å². The highest BCUT2D eigenvalue weighted by molar-refractivity contribution is 6.12. The number of pyridine rings is 1. The number of carbonyl (C=O) groups is 2. The van der Waals surface area contributed by atoms with Crippen LogP contribution in [0.3, 0.4) is 0 Å². The number of anilines is 3. The van der Waals surface area contributed by atoms with E-state index in [4.69, 9.17) is 5.73 Å². The summed E-state index contributed by atoms with van der Waals surface area (Å²) >= 11 is 0. The van der Waals surface area contributed by atoms with Gasteiger partial charge in [-0.3, -0.25) is 19.5 Å². The molecule has 3 N–H and O–H groups in total. The van der Waals surface area contributed by atoms with Crippen molar-refractivity contribution in [2.45, 2.75) is 18.9 Å². The summed E-state index contributed by atoms with van der Waals surface area (Å²) in [4.78, 5) is 40.2. The van der Waals surface area contributed by atoms with E-state index in [2.05, 4.69) is 30.2 Å². The molecule has 2 aliphatic rings. The number of likely N-dealkylation sites (N-methyl/N-ethyl adjacent to an activating group) is 1. The maximum Gasteiger partial charge on any atom is 0.263 e. The minimum atomic E-state index is -0.589. The average molecular weight is 468 g/mol. The van der Waals surface area contributed by atoms with E-state index >= 15 is 0 Å². The van der Waals surface area contributed by atoms with Crippen LogP contribution in [0.25, 0.3) is 5.65 Å². The monoisotopic (exact) mass is 467 g/mol. The molecule has 1 atom stereocenters. The molecule has 34 heavy (non-hydrogen) atoms. The number of fused-ring (bicyclic) bond motifs is 1. The van der Waals surface area contributed by atoms with Crippen molar-refractivity contribution in [3.8, 4) is 0 Å². The van der Waals surface area contributed by atoms with Crippen molar-refractivity contribution in [3.05, 3.63) is 42.2 Å². The molecule has 2 aliphatic heterocycles. The first-order chi connectivity index (χ1) is 16.4. The van der Waals surface area contributed by atoms with Crippen molar-refractivity contribution in [1.29, 1.82) is 0 Å². The zero-order valence-corrected chi connectivity index (χ0v) is 18.8. The van der Waals surface area contributed by atoms with E-state index < -0.39 is 11.7 Å². The Morgan fingerprint density at radius 3 is 2.71 bits per heavy atom. The zero-order chi connectivity index (χ0) is 23.8. The first-order valence-electron chi connectivity index (χ1n) is 11.2. The number of nitrogens with one attached hydrogen (secondary N) is 1. The number of likely N-dealkylation sites (tertiary alicyclic amines) is 1. The van der Waals surface area contributed by atoms with Crippen LogP contribution in [0.15, 0.2) is 30.9 Å². The molecular weight excluding hydrogens is 441 g/mol. The Bertz CT molecular complexity index is 1240. The normalized spacial score (nSPS) is 19.1. The topological polar surface area (TPSA) is 125 Å². The van der Waals surface area contributed by atoms with Crippen molar-refractivity contribution >= 4 is 34.7 Å². The van der Waals surface area contributed by atoms with Crippen LogP contribution in [-0.4, -0.2) is 87.0 Å². The molecule has 0 saturated carbocycles. The molecule has 0 radical (unpaired) electrons. The second-order valence-corrected chi connectivity index (χ2v) is 8.60. The molecule has 3 aromatic heterocycles. The molecule has 2 saturated heterocycles. The van der Waals surface area contributed by atoms with Gasteiger partial charge in [0, 0.05) is 32.4 Å². The Kier molecular flexibility index (Phi) is 5.74. The smallest absolute Gasteiger partial charge is 0.263 e. The lowest BCUT2D eigenvalue weighted by atomic mass is 10.1. The molecule has 2 fully saturated rings. The van der Waals surface area contributed by atoms with Crippen molar-refractivity contribution in [3.63, 3.8) is 0 Å². The number of nitrogens with zero attached hydrogens (tertiary/aromatic N) is 7. The highest BCUT2D eigenvalue weighted by Crippen LogP contribution is 2.28. The number of piperazine rings is 1. The molecule has 0 bridgehead atoms. The number of nitrogens with two attached hydrogens (primary N) is 1. The van der Waals surface area contributed by atoms with Crippen LogP contribution in [0.4, 0.5) is 21.6 Å². The minimum absolute atomic E-state index is 0.0271. The van der Waals surface area contributed by atoms with Gasteiger partial charge in [0.15, 0.2) is 17.3 Å². The summed E-state index contributed by atoms with van der Waals surface area (Å²) in [5.74, 6) is -0.965. The summed E-state index contributed by atoms with van der Waals surface area (Å²) in [6.45, 7) is 3.44. The molecule has 5 rings (SSSR count). The van der Waals surface area contributed by atoms with Gasteiger partial charge in [-0.15, -0.1) is 5.10 Å². The summed E-state index contributed by atoms with van der Waals surface area (Å²) in [6, 6.07) is 1.80. The molecule has 3 aromatic rings. The Morgan fingerprint density at radius 1 is 1.18 bits per heavy atom. The predicted octanol–water partition coefficient (Wildman–Crippen LogP) is 0.841. The van der Waals surface area contributed by atoms with Gasteiger partial charge >= 0.3 is 0 Å². The molecule has 0 spiro atoms. The Balaban J connectivity index is 1.31. The molecule has 11 nitrogen and oxygen atoms in total. The first-order valence-corrected chi connectivity index (χ1v) is 11.2. The maximum atomic E-state index is 13.5. The molecule has 12 heteroatoms. The second kappa shape index (κ2) is 8.86. The summed E-state index contributed by atoms with van der Waals surface area (Å²) in [7, 11) is 2.00. The van der Waals surface area contributed by atoms with E-state index in [9.17, 15) is 14.0 Å². The van der Waals surface area contributed by atoms with E-state index in [1.807, 2.05) is 18.0 Å². The SMILES string of the molecule is CN1CCC[C@@H]1C(=O)N1CCN(c2ccncc2NC(=O)c2c(N)nn3cc(F)cnc23)CC1. The number of amides is 2. The third-order valence-electron chi connectivity index (χ3n) is 6.48. The van der Waals surface area contributed by atoms with Crippen LogP contribution in [0.5, 0.6) is 0 Å². The Labute approximate surface area is 195 Å². The quantitative estimate of drug-likeness (QED) is 0.578. The maximum absolute atomic E-state index is 13.5. The lowest BCUT2D eigenvalue weighted by molar-refractivity contribution is -0.135. The largest absolute Gasteiger partial charge is 0.381 e. The number of aromatic nitrogens is 4. The second-order valence-electron chi connectivity index (χ2n) is 8.60.